The van der Waals surface area contributed by atoms with Crippen molar-refractivity contribution in [2.24, 2.45) is 5.41 Å². The first-order valence-corrected chi connectivity index (χ1v) is 6.54. The molecule has 1 fully saturated rings. The second-order valence-electron chi connectivity index (χ2n) is 4.27. The lowest BCUT2D eigenvalue weighted by Crippen LogP contribution is -2.39. The molecule has 0 spiro atoms. The highest BCUT2D eigenvalue weighted by Gasteiger charge is 2.32. The van der Waals surface area contributed by atoms with Gasteiger partial charge in [0.25, 0.3) is 5.56 Å². The van der Waals surface area contributed by atoms with Gasteiger partial charge in [0.15, 0.2) is 0 Å². The minimum Gasteiger partial charge on any atom is -0.381 e. The van der Waals surface area contributed by atoms with Crippen LogP contribution in [0.1, 0.15) is 12.8 Å². The summed E-state index contributed by atoms with van der Waals surface area (Å²) >= 11 is 3.55. The number of alkyl halides is 1. The van der Waals surface area contributed by atoms with Crippen molar-refractivity contribution in [3.8, 4) is 0 Å². The van der Waals surface area contributed by atoms with E-state index in [4.69, 9.17) is 4.74 Å². The monoisotopic (exact) mass is 286 g/mol. The molecule has 0 bridgehead atoms. The molecule has 2 heterocycles. The Labute approximate surface area is 103 Å². The fourth-order valence-corrected chi connectivity index (χ4v) is 2.70. The SMILES string of the molecule is O=c1cccnn1CC1(CBr)CCOCC1. The maximum Gasteiger partial charge on any atom is 0.266 e. The summed E-state index contributed by atoms with van der Waals surface area (Å²) < 4.78 is 6.91. The Hall–Kier alpha value is -0.680. The van der Waals surface area contributed by atoms with Crippen LogP contribution >= 0.6 is 15.9 Å². The van der Waals surface area contributed by atoms with Crippen molar-refractivity contribution in [3.05, 3.63) is 28.7 Å². The topological polar surface area (TPSA) is 44.1 Å². The van der Waals surface area contributed by atoms with E-state index in [1.165, 1.54) is 0 Å². The minimum absolute atomic E-state index is 0.0330. The smallest absolute Gasteiger partial charge is 0.266 e. The third-order valence-electron chi connectivity index (χ3n) is 3.11. The van der Waals surface area contributed by atoms with Gasteiger partial charge in [-0.25, -0.2) is 4.68 Å². The van der Waals surface area contributed by atoms with E-state index < -0.39 is 0 Å². The van der Waals surface area contributed by atoms with Crippen LogP contribution in [0.15, 0.2) is 23.1 Å². The Morgan fingerprint density at radius 1 is 1.50 bits per heavy atom. The van der Waals surface area contributed by atoms with E-state index in [1.54, 1.807) is 23.0 Å². The summed E-state index contributed by atoms with van der Waals surface area (Å²) in [7, 11) is 0. The zero-order valence-electron chi connectivity index (χ0n) is 9.06. The van der Waals surface area contributed by atoms with Crippen LogP contribution in [0.4, 0.5) is 0 Å². The second kappa shape index (κ2) is 5.10. The quantitative estimate of drug-likeness (QED) is 0.790. The van der Waals surface area contributed by atoms with Crippen LogP contribution in [0.3, 0.4) is 0 Å². The number of ether oxygens (including phenoxy) is 1. The van der Waals surface area contributed by atoms with Crippen LogP contribution < -0.4 is 5.56 Å². The molecule has 88 valence electrons. The van der Waals surface area contributed by atoms with E-state index >= 15 is 0 Å². The molecule has 0 atom stereocenters. The molecule has 0 amide bonds. The van der Waals surface area contributed by atoms with Crippen molar-refractivity contribution in [1.29, 1.82) is 0 Å². The molecule has 0 saturated carbocycles. The summed E-state index contributed by atoms with van der Waals surface area (Å²) in [5.41, 5.74) is 0.0745. The molecule has 4 nitrogen and oxygen atoms in total. The van der Waals surface area contributed by atoms with Crippen LogP contribution in [0.25, 0.3) is 0 Å². The Bertz CT molecular complexity index is 399. The van der Waals surface area contributed by atoms with Crippen molar-refractivity contribution < 1.29 is 4.74 Å². The molecule has 1 aromatic heterocycles. The lowest BCUT2D eigenvalue weighted by Gasteiger charge is -2.35. The predicted molar refractivity (Wildman–Crippen MR) is 64.8 cm³/mol. The van der Waals surface area contributed by atoms with E-state index in [2.05, 4.69) is 21.0 Å². The second-order valence-corrected chi connectivity index (χ2v) is 4.83. The Balaban J connectivity index is 2.18. The molecule has 0 aliphatic carbocycles. The van der Waals surface area contributed by atoms with Crippen LogP contribution in [0, 0.1) is 5.41 Å². The minimum atomic E-state index is -0.0330. The van der Waals surface area contributed by atoms with Gasteiger partial charge < -0.3 is 4.74 Å². The summed E-state index contributed by atoms with van der Waals surface area (Å²) in [6.07, 6.45) is 3.60. The van der Waals surface area contributed by atoms with Gasteiger partial charge >= 0.3 is 0 Å². The zero-order chi connectivity index (χ0) is 11.4. The first kappa shape index (κ1) is 11.8. The molecule has 2 rings (SSSR count). The van der Waals surface area contributed by atoms with E-state index in [0.717, 1.165) is 31.4 Å². The lowest BCUT2D eigenvalue weighted by atomic mass is 9.82. The summed E-state index contributed by atoms with van der Waals surface area (Å²) in [6, 6.07) is 3.22. The van der Waals surface area contributed by atoms with Gasteiger partial charge in [-0.2, -0.15) is 5.10 Å². The average Bonchev–Trinajstić information content (AvgIpc) is 2.33. The molecular formula is C11H15BrN2O2. The molecule has 1 aliphatic heterocycles. The Morgan fingerprint density at radius 3 is 2.88 bits per heavy atom. The highest BCUT2D eigenvalue weighted by atomic mass is 79.9. The molecule has 0 unspecified atom stereocenters. The van der Waals surface area contributed by atoms with E-state index in [1.807, 2.05) is 0 Å². The maximum atomic E-state index is 11.6. The first-order valence-electron chi connectivity index (χ1n) is 5.42. The number of hydrogen-bond acceptors (Lipinski definition) is 3. The highest BCUT2D eigenvalue weighted by Crippen LogP contribution is 2.33. The highest BCUT2D eigenvalue weighted by molar-refractivity contribution is 9.09. The van der Waals surface area contributed by atoms with E-state index in [9.17, 15) is 4.79 Å². The predicted octanol–water partition coefficient (Wildman–Crippen LogP) is 1.43. The van der Waals surface area contributed by atoms with Gasteiger partial charge in [-0.15, -0.1) is 0 Å². The summed E-state index contributed by atoms with van der Waals surface area (Å²) in [5.74, 6) is 0. The van der Waals surface area contributed by atoms with Crippen LogP contribution in [-0.4, -0.2) is 28.3 Å². The van der Waals surface area contributed by atoms with Gasteiger partial charge in [-0.3, -0.25) is 4.79 Å². The van der Waals surface area contributed by atoms with Gasteiger partial charge in [-0.05, 0) is 18.9 Å². The molecule has 1 saturated heterocycles. The van der Waals surface area contributed by atoms with Gasteiger partial charge in [0.05, 0.1) is 6.54 Å². The number of aromatic nitrogens is 2. The van der Waals surface area contributed by atoms with E-state index in [-0.39, 0.29) is 11.0 Å². The molecule has 1 aromatic rings. The van der Waals surface area contributed by atoms with Crippen LogP contribution in [0.5, 0.6) is 0 Å². The van der Waals surface area contributed by atoms with Gasteiger partial charge in [-0.1, -0.05) is 15.9 Å². The summed E-state index contributed by atoms with van der Waals surface area (Å²) in [5, 5.41) is 4.99. The van der Waals surface area contributed by atoms with Gasteiger partial charge in [0.1, 0.15) is 0 Å². The van der Waals surface area contributed by atoms with Crippen LogP contribution in [0.2, 0.25) is 0 Å². The molecule has 0 N–H and O–H groups in total. The molecular weight excluding hydrogens is 272 g/mol. The Kier molecular flexibility index (Phi) is 3.76. The lowest BCUT2D eigenvalue weighted by molar-refractivity contribution is 0.0163. The Morgan fingerprint density at radius 2 is 2.25 bits per heavy atom. The number of nitrogens with zero attached hydrogens (tertiary/aromatic N) is 2. The summed E-state index contributed by atoms with van der Waals surface area (Å²) in [6.45, 7) is 2.21. The maximum absolute atomic E-state index is 11.6. The average molecular weight is 287 g/mol. The first-order chi connectivity index (χ1) is 7.76. The standard InChI is InChI=1S/C11H15BrN2O2/c12-8-11(3-6-16-7-4-11)9-14-10(15)2-1-5-13-14/h1-2,5H,3-4,6-9H2. The van der Waals surface area contributed by atoms with E-state index in [0.29, 0.717) is 6.54 Å². The van der Waals surface area contributed by atoms with Crippen LogP contribution in [-0.2, 0) is 11.3 Å². The van der Waals surface area contributed by atoms with Crippen molar-refractivity contribution in [1.82, 2.24) is 9.78 Å². The molecule has 5 heteroatoms. The number of hydrogen-bond donors (Lipinski definition) is 0. The molecule has 0 radical (unpaired) electrons. The number of rotatable bonds is 3. The van der Waals surface area contributed by atoms with Gasteiger partial charge in [0.2, 0.25) is 0 Å². The molecule has 1 aliphatic rings. The summed E-state index contributed by atoms with van der Waals surface area (Å²) in [4.78, 5) is 11.6. The van der Waals surface area contributed by atoms with Crippen molar-refractivity contribution in [2.45, 2.75) is 19.4 Å². The number of halogens is 1. The third-order valence-corrected chi connectivity index (χ3v) is 4.30. The third kappa shape index (κ3) is 2.52. The molecule has 16 heavy (non-hydrogen) atoms. The fraction of sp³-hybridized carbons (Fsp3) is 0.636. The largest absolute Gasteiger partial charge is 0.381 e. The van der Waals surface area contributed by atoms with Crippen molar-refractivity contribution >= 4 is 15.9 Å². The van der Waals surface area contributed by atoms with Crippen molar-refractivity contribution in [3.63, 3.8) is 0 Å². The fourth-order valence-electron chi connectivity index (χ4n) is 1.96. The van der Waals surface area contributed by atoms with Gasteiger partial charge in [0, 0.05) is 36.2 Å². The normalized spacial score (nSPS) is 19.6. The van der Waals surface area contributed by atoms with Crippen molar-refractivity contribution in [2.75, 3.05) is 18.5 Å². The molecule has 0 aromatic carbocycles. The zero-order valence-corrected chi connectivity index (χ0v) is 10.6.